The molecule has 0 bridgehead atoms. The van der Waals surface area contributed by atoms with Crippen LogP contribution in [0.3, 0.4) is 0 Å². The molecule has 4 rings (SSSR count). The van der Waals surface area contributed by atoms with Crippen LogP contribution >= 0.6 is 0 Å². The van der Waals surface area contributed by atoms with Gasteiger partial charge in [0.1, 0.15) is 12.6 Å². The molecule has 0 aromatic heterocycles. The number of carbonyl (C=O) groups excluding carboxylic acids is 3. The molecule has 10 heteroatoms. The molecular formula is C25H28N4O6. The lowest BCUT2D eigenvalue weighted by molar-refractivity contribution is -0.151. The molecule has 1 aliphatic carbocycles. The number of nitrogens with one attached hydrogen (secondary N) is 2. The highest BCUT2D eigenvalue weighted by Gasteiger charge is 2.42. The highest BCUT2D eigenvalue weighted by Crippen LogP contribution is 2.44. The van der Waals surface area contributed by atoms with Crippen LogP contribution in [0.1, 0.15) is 29.9 Å². The lowest BCUT2D eigenvalue weighted by Crippen LogP contribution is -2.55. The van der Waals surface area contributed by atoms with Gasteiger partial charge in [-0.25, -0.2) is 14.6 Å². The van der Waals surface area contributed by atoms with Crippen LogP contribution in [0, 0.1) is 0 Å². The van der Waals surface area contributed by atoms with Crippen molar-refractivity contribution in [2.45, 2.75) is 30.8 Å². The zero-order valence-corrected chi connectivity index (χ0v) is 19.6. The molecule has 2 unspecified atom stereocenters. The zero-order chi connectivity index (χ0) is 25.1. The van der Waals surface area contributed by atoms with Gasteiger partial charge in [-0.2, -0.15) is 0 Å². The number of carboxylic acids is 1. The smallest absolute Gasteiger partial charge is 0.407 e. The Balaban J connectivity index is 1.45. The second-order valence-electron chi connectivity index (χ2n) is 8.92. The number of aliphatic carboxylic acids is 1. The van der Waals surface area contributed by atoms with Crippen LogP contribution in [0.4, 0.5) is 4.79 Å². The molecule has 3 N–H and O–H groups in total. The Morgan fingerprint density at radius 1 is 1.11 bits per heavy atom. The van der Waals surface area contributed by atoms with Gasteiger partial charge in [0.25, 0.3) is 5.91 Å². The summed E-state index contributed by atoms with van der Waals surface area (Å²) < 4.78 is 5.55. The van der Waals surface area contributed by atoms with Gasteiger partial charge in [0, 0.05) is 5.92 Å². The fourth-order valence-corrected chi connectivity index (χ4v) is 4.53. The van der Waals surface area contributed by atoms with Gasteiger partial charge in [-0.3, -0.25) is 15.0 Å². The third-order valence-electron chi connectivity index (χ3n) is 6.26. The van der Waals surface area contributed by atoms with Gasteiger partial charge >= 0.3 is 12.1 Å². The molecule has 2 atom stereocenters. The van der Waals surface area contributed by atoms with E-state index < -0.39 is 36.0 Å². The van der Waals surface area contributed by atoms with Gasteiger partial charge in [0.15, 0.2) is 6.04 Å². The minimum Gasteiger partial charge on any atom is -0.480 e. The maximum absolute atomic E-state index is 13.1. The van der Waals surface area contributed by atoms with E-state index in [9.17, 15) is 24.3 Å². The lowest BCUT2D eigenvalue weighted by Gasteiger charge is -2.27. The van der Waals surface area contributed by atoms with E-state index in [2.05, 4.69) is 10.7 Å². The van der Waals surface area contributed by atoms with Gasteiger partial charge in [-0.05, 0) is 49.3 Å². The van der Waals surface area contributed by atoms with Gasteiger partial charge in [0.05, 0.1) is 6.42 Å². The summed E-state index contributed by atoms with van der Waals surface area (Å²) in [6, 6.07) is 13.5. The van der Waals surface area contributed by atoms with Crippen LogP contribution in [0.15, 0.2) is 48.5 Å². The van der Waals surface area contributed by atoms with E-state index in [0.717, 1.165) is 27.3 Å². The Morgan fingerprint density at radius 2 is 1.71 bits per heavy atom. The van der Waals surface area contributed by atoms with E-state index in [1.807, 2.05) is 67.5 Å². The number of nitrogens with zero attached hydrogens (tertiary/aromatic N) is 2. The van der Waals surface area contributed by atoms with E-state index in [4.69, 9.17) is 4.74 Å². The summed E-state index contributed by atoms with van der Waals surface area (Å²) in [5.74, 6) is -2.72. The third-order valence-corrected chi connectivity index (χ3v) is 6.26. The van der Waals surface area contributed by atoms with E-state index in [0.29, 0.717) is 6.54 Å². The molecule has 1 saturated heterocycles. The van der Waals surface area contributed by atoms with Gasteiger partial charge < -0.3 is 20.1 Å². The van der Waals surface area contributed by atoms with Gasteiger partial charge in [0.2, 0.25) is 5.91 Å². The molecule has 2 aliphatic rings. The predicted molar refractivity (Wildman–Crippen MR) is 126 cm³/mol. The number of carbonyl (C=O) groups is 4. The first-order valence-electron chi connectivity index (χ1n) is 11.4. The van der Waals surface area contributed by atoms with E-state index in [-0.39, 0.29) is 25.4 Å². The Kier molecular flexibility index (Phi) is 7.02. The number of alkyl carbamates (subject to hydrolysis) is 1. The van der Waals surface area contributed by atoms with Crippen molar-refractivity contribution in [2.75, 3.05) is 27.2 Å². The van der Waals surface area contributed by atoms with E-state index >= 15 is 0 Å². The van der Waals surface area contributed by atoms with Crippen LogP contribution in [-0.2, 0) is 19.1 Å². The average molecular weight is 481 g/mol. The van der Waals surface area contributed by atoms with Crippen molar-refractivity contribution in [3.8, 4) is 11.1 Å². The van der Waals surface area contributed by atoms with Crippen molar-refractivity contribution in [3.05, 3.63) is 59.7 Å². The normalized spacial score (nSPS) is 17.5. The molecule has 35 heavy (non-hydrogen) atoms. The Bertz CT molecular complexity index is 1100. The first kappa shape index (κ1) is 24.2. The van der Waals surface area contributed by atoms with Gasteiger partial charge in [-0.15, -0.1) is 0 Å². The highest BCUT2D eigenvalue weighted by atomic mass is 16.5. The topological polar surface area (TPSA) is 128 Å². The number of hydrogen-bond donors (Lipinski definition) is 3. The second kappa shape index (κ2) is 10.1. The van der Waals surface area contributed by atoms with Crippen LogP contribution < -0.4 is 10.7 Å². The molecule has 1 heterocycles. The number of amides is 3. The predicted octanol–water partition coefficient (Wildman–Crippen LogP) is 1.56. The number of hydrogen-bond acceptors (Lipinski definition) is 6. The summed E-state index contributed by atoms with van der Waals surface area (Å²) in [5, 5.41) is 12.7. The van der Waals surface area contributed by atoms with Crippen molar-refractivity contribution in [1.29, 1.82) is 0 Å². The SMILES string of the molecule is CN(C)CCC(NC(=O)OCC1c2ccccc2-c2ccccc21)C(=O)N1NC(=O)CC1C(=O)O. The maximum atomic E-state index is 13.1. The molecule has 2 aromatic carbocycles. The number of ether oxygens (including phenoxy) is 1. The van der Waals surface area contributed by atoms with Crippen LogP contribution in [-0.4, -0.2) is 78.2 Å². The van der Waals surface area contributed by atoms with Crippen molar-refractivity contribution in [1.82, 2.24) is 20.7 Å². The first-order valence-corrected chi connectivity index (χ1v) is 11.4. The molecule has 10 nitrogen and oxygen atoms in total. The Labute approximate surface area is 202 Å². The van der Waals surface area contributed by atoms with Crippen molar-refractivity contribution in [3.63, 3.8) is 0 Å². The lowest BCUT2D eigenvalue weighted by atomic mass is 9.98. The van der Waals surface area contributed by atoms with Crippen LogP contribution in [0.2, 0.25) is 0 Å². The number of benzene rings is 2. The fraction of sp³-hybridized carbons (Fsp3) is 0.360. The Morgan fingerprint density at radius 3 is 2.29 bits per heavy atom. The van der Waals surface area contributed by atoms with Crippen LogP contribution in [0.25, 0.3) is 11.1 Å². The summed E-state index contributed by atoms with van der Waals surface area (Å²) in [4.78, 5) is 51.0. The van der Waals surface area contributed by atoms with Crippen molar-refractivity contribution < 1.29 is 29.0 Å². The molecular weight excluding hydrogens is 452 g/mol. The minimum absolute atomic E-state index is 0.0760. The minimum atomic E-state index is -1.33. The number of hydrazine groups is 1. The molecule has 0 spiro atoms. The standard InChI is InChI=1S/C25H28N4O6/c1-28(2)12-11-20(23(31)29-21(24(32)33)13-22(30)27-29)26-25(34)35-14-19-17-9-5-3-7-15(17)16-8-4-6-10-18(16)19/h3-10,19-21H,11-14H2,1-2H3,(H,26,34)(H,27,30)(H,32,33). The van der Waals surface area contributed by atoms with Gasteiger partial charge in [-0.1, -0.05) is 48.5 Å². The van der Waals surface area contributed by atoms with Crippen molar-refractivity contribution >= 4 is 23.9 Å². The van der Waals surface area contributed by atoms with E-state index in [1.165, 1.54) is 0 Å². The molecule has 3 amide bonds. The molecule has 0 saturated carbocycles. The Hall–Kier alpha value is -3.92. The fourth-order valence-electron chi connectivity index (χ4n) is 4.53. The zero-order valence-electron chi connectivity index (χ0n) is 19.6. The summed E-state index contributed by atoms with van der Waals surface area (Å²) in [5.41, 5.74) is 6.60. The largest absolute Gasteiger partial charge is 0.480 e. The summed E-state index contributed by atoms with van der Waals surface area (Å²) in [6.07, 6.45) is -0.928. The number of carboxylic acid groups (broad SMARTS) is 1. The highest BCUT2D eigenvalue weighted by molar-refractivity contribution is 5.96. The third kappa shape index (κ3) is 5.12. The van der Waals surface area contributed by atoms with E-state index in [1.54, 1.807) is 0 Å². The quantitative estimate of drug-likeness (QED) is 0.523. The molecule has 0 radical (unpaired) electrons. The summed E-state index contributed by atoms with van der Waals surface area (Å²) >= 11 is 0. The van der Waals surface area contributed by atoms with Crippen LogP contribution in [0.5, 0.6) is 0 Å². The summed E-state index contributed by atoms with van der Waals surface area (Å²) in [7, 11) is 3.62. The molecule has 2 aromatic rings. The first-order chi connectivity index (χ1) is 16.8. The molecule has 1 aliphatic heterocycles. The molecule has 184 valence electrons. The number of rotatable bonds is 8. The maximum Gasteiger partial charge on any atom is 0.407 e. The monoisotopic (exact) mass is 480 g/mol. The number of fused-ring (bicyclic) bond motifs is 3. The summed E-state index contributed by atoms with van der Waals surface area (Å²) in [6.45, 7) is 0.520. The second-order valence-corrected chi connectivity index (χ2v) is 8.92. The molecule has 1 fully saturated rings. The van der Waals surface area contributed by atoms with Crippen molar-refractivity contribution in [2.24, 2.45) is 0 Å². The average Bonchev–Trinajstić information content (AvgIpc) is 3.38.